The van der Waals surface area contributed by atoms with E-state index in [0.717, 1.165) is 17.7 Å². The molecule has 1 saturated carbocycles. The number of hydrogen-bond donors (Lipinski definition) is 2. The Bertz CT molecular complexity index is 537. The normalized spacial score (nSPS) is 17.1. The van der Waals surface area contributed by atoms with Crippen molar-refractivity contribution in [1.82, 2.24) is 5.32 Å². The van der Waals surface area contributed by atoms with Crippen LogP contribution in [0.4, 0.5) is 0 Å². The summed E-state index contributed by atoms with van der Waals surface area (Å²) in [5.41, 5.74) is 0.0284. The lowest BCUT2D eigenvalue weighted by Gasteiger charge is -2.28. The Morgan fingerprint density at radius 2 is 2.35 bits per heavy atom. The number of nitriles is 1. The maximum Gasteiger partial charge on any atom is 0.251 e. The number of nitrogens with zero attached hydrogens (tertiary/aromatic N) is 1. The molecule has 2 rings (SSSR count). The average molecular weight is 290 g/mol. The Hall–Kier alpha value is -1.51. The molecule has 1 unspecified atom stereocenters. The zero-order valence-corrected chi connectivity index (χ0v) is 12.2. The second kappa shape index (κ2) is 6.29. The van der Waals surface area contributed by atoms with Gasteiger partial charge in [-0.2, -0.15) is 5.26 Å². The van der Waals surface area contributed by atoms with Crippen LogP contribution in [-0.2, 0) is 0 Å². The van der Waals surface area contributed by atoms with Crippen LogP contribution in [0.1, 0.15) is 30.1 Å². The summed E-state index contributed by atoms with van der Waals surface area (Å²) in [5.74, 6) is 0.557. The molecule has 1 aromatic carbocycles. The predicted molar refractivity (Wildman–Crippen MR) is 78.5 cm³/mol. The Labute approximate surface area is 123 Å². The molecule has 1 aliphatic rings. The molecule has 106 valence electrons. The molecule has 0 aromatic heterocycles. The molecule has 4 nitrogen and oxygen atoms in total. The Morgan fingerprint density at radius 3 is 2.95 bits per heavy atom. The van der Waals surface area contributed by atoms with E-state index in [1.54, 1.807) is 12.1 Å². The molecule has 0 spiro atoms. The Balaban J connectivity index is 2.07. The number of benzene rings is 1. The lowest BCUT2D eigenvalue weighted by atomic mass is 9.96. The molecule has 1 aliphatic carbocycles. The van der Waals surface area contributed by atoms with Crippen molar-refractivity contribution in [1.29, 1.82) is 5.26 Å². The molecule has 1 atom stereocenters. The van der Waals surface area contributed by atoms with Gasteiger partial charge in [-0.15, -0.1) is 11.8 Å². The van der Waals surface area contributed by atoms with Crippen LogP contribution >= 0.6 is 11.8 Å². The first kappa shape index (κ1) is 14.9. The lowest BCUT2D eigenvalue weighted by Crippen LogP contribution is -2.50. The van der Waals surface area contributed by atoms with Gasteiger partial charge in [-0.05, 0) is 43.9 Å². The SMILES string of the molecule is CC(CO)(NC(=O)c1cccc(SCC#N)c1)C1CC1. The maximum atomic E-state index is 12.3. The number of aliphatic hydroxyl groups is 1. The number of carbonyl (C=O) groups excluding carboxylic acids is 1. The van der Waals surface area contributed by atoms with Gasteiger partial charge in [0.1, 0.15) is 0 Å². The summed E-state index contributed by atoms with van der Waals surface area (Å²) in [6.45, 7) is 1.84. The topological polar surface area (TPSA) is 73.1 Å². The zero-order valence-electron chi connectivity index (χ0n) is 11.4. The van der Waals surface area contributed by atoms with Gasteiger partial charge in [-0.25, -0.2) is 0 Å². The smallest absolute Gasteiger partial charge is 0.251 e. The summed E-state index contributed by atoms with van der Waals surface area (Å²) in [5, 5.41) is 21.0. The molecule has 1 amide bonds. The number of nitrogens with one attached hydrogen (secondary N) is 1. The third-order valence-corrected chi connectivity index (χ3v) is 4.47. The van der Waals surface area contributed by atoms with Crippen molar-refractivity contribution in [3.63, 3.8) is 0 Å². The second-order valence-corrected chi connectivity index (χ2v) is 6.33. The molecule has 0 bridgehead atoms. The van der Waals surface area contributed by atoms with Gasteiger partial charge in [0, 0.05) is 10.5 Å². The quantitative estimate of drug-likeness (QED) is 0.788. The van der Waals surface area contributed by atoms with Crippen LogP contribution < -0.4 is 5.32 Å². The molecular formula is C15H18N2O2S. The van der Waals surface area contributed by atoms with Gasteiger partial charge in [-0.3, -0.25) is 4.79 Å². The van der Waals surface area contributed by atoms with E-state index in [-0.39, 0.29) is 12.5 Å². The highest BCUT2D eigenvalue weighted by atomic mass is 32.2. The van der Waals surface area contributed by atoms with Crippen molar-refractivity contribution < 1.29 is 9.90 Å². The molecule has 5 heteroatoms. The molecule has 0 radical (unpaired) electrons. The molecule has 0 aliphatic heterocycles. The van der Waals surface area contributed by atoms with Crippen LogP contribution in [0, 0.1) is 17.2 Å². The molecular weight excluding hydrogens is 272 g/mol. The van der Waals surface area contributed by atoms with Crippen molar-refractivity contribution in [2.45, 2.75) is 30.2 Å². The minimum Gasteiger partial charge on any atom is -0.394 e. The Kier molecular flexibility index (Phi) is 4.69. The van der Waals surface area contributed by atoms with Gasteiger partial charge in [-0.1, -0.05) is 6.07 Å². The number of carbonyl (C=O) groups is 1. The Morgan fingerprint density at radius 1 is 1.60 bits per heavy atom. The molecule has 0 heterocycles. The first-order valence-corrected chi connectivity index (χ1v) is 7.61. The van der Waals surface area contributed by atoms with Gasteiger partial charge in [0.05, 0.1) is 24.0 Å². The van der Waals surface area contributed by atoms with Gasteiger partial charge < -0.3 is 10.4 Å². The number of aliphatic hydroxyl groups excluding tert-OH is 1. The van der Waals surface area contributed by atoms with Crippen LogP contribution in [0.5, 0.6) is 0 Å². The van der Waals surface area contributed by atoms with Gasteiger partial charge >= 0.3 is 0 Å². The fourth-order valence-corrected chi connectivity index (χ4v) is 2.78. The highest BCUT2D eigenvalue weighted by Gasteiger charge is 2.42. The van der Waals surface area contributed by atoms with E-state index in [4.69, 9.17) is 5.26 Å². The molecule has 1 aromatic rings. The first-order valence-electron chi connectivity index (χ1n) is 6.62. The average Bonchev–Trinajstić information content (AvgIpc) is 3.30. The number of thioether (sulfide) groups is 1. The highest BCUT2D eigenvalue weighted by Crippen LogP contribution is 2.39. The zero-order chi connectivity index (χ0) is 14.6. The summed E-state index contributed by atoms with van der Waals surface area (Å²) in [4.78, 5) is 13.2. The van der Waals surface area contributed by atoms with E-state index >= 15 is 0 Å². The fourth-order valence-electron chi connectivity index (χ4n) is 2.17. The summed E-state index contributed by atoms with van der Waals surface area (Å²) in [7, 11) is 0. The van der Waals surface area contributed by atoms with Gasteiger partial charge in [0.2, 0.25) is 0 Å². The van der Waals surface area contributed by atoms with E-state index in [1.165, 1.54) is 11.8 Å². The minimum atomic E-state index is -0.535. The van der Waals surface area contributed by atoms with Gasteiger partial charge in [0.25, 0.3) is 5.91 Å². The third kappa shape index (κ3) is 3.53. The number of amides is 1. The van der Waals surface area contributed by atoms with E-state index in [2.05, 4.69) is 11.4 Å². The van der Waals surface area contributed by atoms with Crippen molar-refractivity contribution in [2.75, 3.05) is 12.4 Å². The van der Waals surface area contributed by atoms with E-state index in [1.807, 2.05) is 19.1 Å². The third-order valence-electron chi connectivity index (χ3n) is 3.61. The predicted octanol–water partition coefficient (Wildman–Crippen LogP) is 2.19. The summed E-state index contributed by atoms with van der Waals surface area (Å²) >= 11 is 1.40. The standard InChI is InChI=1S/C15H18N2O2S/c1-15(10-18,12-5-6-12)17-14(19)11-3-2-4-13(9-11)20-8-7-16/h2-4,9,12,18H,5-6,8,10H2,1H3,(H,17,19). The molecule has 2 N–H and O–H groups in total. The van der Waals surface area contributed by atoms with Crippen LogP contribution in [0.15, 0.2) is 29.2 Å². The molecule has 1 fully saturated rings. The fraction of sp³-hybridized carbons (Fsp3) is 0.467. The van der Waals surface area contributed by atoms with E-state index in [9.17, 15) is 9.90 Å². The van der Waals surface area contributed by atoms with Gasteiger partial charge in [0.15, 0.2) is 0 Å². The van der Waals surface area contributed by atoms with Crippen molar-refractivity contribution in [3.05, 3.63) is 29.8 Å². The van der Waals surface area contributed by atoms with Crippen molar-refractivity contribution in [2.24, 2.45) is 5.92 Å². The number of rotatable bonds is 6. The molecule has 20 heavy (non-hydrogen) atoms. The van der Waals surface area contributed by atoms with Crippen LogP contribution in [-0.4, -0.2) is 28.9 Å². The van der Waals surface area contributed by atoms with Crippen LogP contribution in [0.2, 0.25) is 0 Å². The van der Waals surface area contributed by atoms with E-state index < -0.39 is 5.54 Å². The largest absolute Gasteiger partial charge is 0.394 e. The van der Waals surface area contributed by atoms with Crippen molar-refractivity contribution in [3.8, 4) is 6.07 Å². The highest BCUT2D eigenvalue weighted by molar-refractivity contribution is 7.99. The summed E-state index contributed by atoms with van der Waals surface area (Å²) in [6.07, 6.45) is 2.10. The lowest BCUT2D eigenvalue weighted by molar-refractivity contribution is 0.0824. The molecule has 0 saturated heterocycles. The van der Waals surface area contributed by atoms with Crippen LogP contribution in [0.25, 0.3) is 0 Å². The number of hydrogen-bond acceptors (Lipinski definition) is 4. The monoisotopic (exact) mass is 290 g/mol. The maximum absolute atomic E-state index is 12.3. The van der Waals surface area contributed by atoms with E-state index in [0.29, 0.717) is 17.2 Å². The minimum absolute atomic E-state index is 0.0493. The second-order valence-electron chi connectivity index (χ2n) is 5.28. The van der Waals surface area contributed by atoms with Crippen LogP contribution in [0.3, 0.4) is 0 Å². The first-order chi connectivity index (χ1) is 9.59. The van der Waals surface area contributed by atoms with Crippen molar-refractivity contribution >= 4 is 17.7 Å². The summed E-state index contributed by atoms with van der Waals surface area (Å²) in [6, 6.07) is 9.28. The summed E-state index contributed by atoms with van der Waals surface area (Å²) < 4.78 is 0.